The summed E-state index contributed by atoms with van der Waals surface area (Å²) in [5.74, 6) is 0. The molecule has 0 amide bonds. The van der Waals surface area contributed by atoms with Gasteiger partial charge in [-0.15, -0.1) is 0 Å². The Balaban J connectivity index is 2.30. The first-order valence-electron chi connectivity index (χ1n) is 6.52. The number of benzene rings is 1. The number of nitrogens with two attached hydrogens (primary N) is 1. The van der Waals surface area contributed by atoms with Gasteiger partial charge in [0.1, 0.15) is 0 Å². The Kier molecular flexibility index (Phi) is 4.35. The van der Waals surface area contributed by atoms with E-state index in [2.05, 4.69) is 4.98 Å². The Morgan fingerprint density at radius 3 is 2.38 bits per heavy atom. The van der Waals surface area contributed by atoms with E-state index < -0.39 is 11.7 Å². The Morgan fingerprint density at radius 1 is 1.14 bits per heavy atom. The minimum Gasteiger partial charge on any atom is -0.398 e. The fourth-order valence-electron chi connectivity index (χ4n) is 2.08. The van der Waals surface area contributed by atoms with Crippen molar-refractivity contribution in [1.29, 1.82) is 0 Å². The third-order valence-electron chi connectivity index (χ3n) is 3.21. The number of nitrogens with zero attached hydrogens (tertiary/aromatic N) is 2. The summed E-state index contributed by atoms with van der Waals surface area (Å²) in [7, 11) is 0. The third kappa shape index (κ3) is 3.65. The van der Waals surface area contributed by atoms with Crippen LogP contribution in [0.15, 0.2) is 42.7 Å². The van der Waals surface area contributed by atoms with Gasteiger partial charge >= 0.3 is 6.18 Å². The second-order valence-electron chi connectivity index (χ2n) is 4.64. The van der Waals surface area contributed by atoms with E-state index in [9.17, 15) is 13.2 Å². The second-order valence-corrected chi connectivity index (χ2v) is 4.64. The molecule has 1 heterocycles. The largest absolute Gasteiger partial charge is 0.418 e. The highest BCUT2D eigenvalue weighted by atomic mass is 19.4. The number of anilines is 2. The summed E-state index contributed by atoms with van der Waals surface area (Å²) >= 11 is 0. The molecule has 0 saturated carbocycles. The van der Waals surface area contributed by atoms with E-state index in [0.29, 0.717) is 18.8 Å². The molecule has 1 aromatic heterocycles. The normalized spacial score (nSPS) is 11.4. The number of nitrogen functional groups attached to an aromatic ring is 1. The fraction of sp³-hybridized carbons (Fsp3) is 0.267. The fourth-order valence-corrected chi connectivity index (χ4v) is 2.08. The van der Waals surface area contributed by atoms with Crippen molar-refractivity contribution in [1.82, 2.24) is 4.98 Å². The summed E-state index contributed by atoms with van der Waals surface area (Å²) in [4.78, 5) is 5.78. The molecule has 0 aliphatic rings. The van der Waals surface area contributed by atoms with Crippen molar-refractivity contribution in [3.05, 3.63) is 53.9 Å². The maximum atomic E-state index is 12.9. The van der Waals surface area contributed by atoms with Gasteiger partial charge in [0.05, 0.1) is 5.56 Å². The van der Waals surface area contributed by atoms with Gasteiger partial charge in [-0.3, -0.25) is 4.98 Å². The molecule has 0 spiro atoms. The lowest BCUT2D eigenvalue weighted by atomic mass is 10.1. The van der Waals surface area contributed by atoms with E-state index in [-0.39, 0.29) is 5.69 Å². The Hall–Kier alpha value is -2.24. The van der Waals surface area contributed by atoms with Crippen LogP contribution in [0.3, 0.4) is 0 Å². The average molecular weight is 295 g/mol. The first kappa shape index (κ1) is 15.2. The van der Waals surface area contributed by atoms with Gasteiger partial charge in [-0.25, -0.2) is 0 Å². The number of hydrogen-bond acceptors (Lipinski definition) is 3. The Morgan fingerprint density at radius 2 is 1.81 bits per heavy atom. The van der Waals surface area contributed by atoms with E-state index in [4.69, 9.17) is 5.73 Å². The molecule has 0 radical (unpaired) electrons. The molecule has 2 rings (SSSR count). The molecule has 0 aliphatic heterocycles. The molecule has 1 aromatic carbocycles. The predicted octanol–water partition coefficient (Wildman–Crippen LogP) is 3.71. The van der Waals surface area contributed by atoms with E-state index in [0.717, 1.165) is 11.6 Å². The quantitative estimate of drug-likeness (QED) is 0.874. The molecule has 2 N–H and O–H groups in total. The van der Waals surface area contributed by atoms with Crippen LogP contribution in [0.25, 0.3) is 0 Å². The lowest BCUT2D eigenvalue weighted by Gasteiger charge is -2.24. The average Bonchev–Trinajstić information content (AvgIpc) is 2.45. The molecule has 0 bridgehead atoms. The highest BCUT2D eigenvalue weighted by molar-refractivity contribution is 5.59. The summed E-state index contributed by atoms with van der Waals surface area (Å²) in [6, 6.07) is 7.68. The summed E-state index contributed by atoms with van der Waals surface area (Å²) in [5, 5.41) is 0. The SMILES string of the molecule is CCN(Cc1ccncc1)c1ccc(N)c(C(F)(F)F)c1. The van der Waals surface area contributed by atoms with E-state index in [1.165, 1.54) is 6.07 Å². The third-order valence-corrected chi connectivity index (χ3v) is 3.21. The van der Waals surface area contributed by atoms with E-state index in [1.54, 1.807) is 18.5 Å². The van der Waals surface area contributed by atoms with Gasteiger partial charge in [0.2, 0.25) is 0 Å². The van der Waals surface area contributed by atoms with Crippen molar-refractivity contribution >= 4 is 11.4 Å². The van der Waals surface area contributed by atoms with Crippen LogP contribution < -0.4 is 10.6 Å². The lowest BCUT2D eigenvalue weighted by Crippen LogP contribution is -2.22. The smallest absolute Gasteiger partial charge is 0.398 e. The van der Waals surface area contributed by atoms with Crippen molar-refractivity contribution in [3.8, 4) is 0 Å². The molecular formula is C15H16F3N3. The highest BCUT2D eigenvalue weighted by Crippen LogP contribution is 2.36. The number of pyridine rings is 1. The van der Waals surface area contributed by atoms with Crippen LogP contribution in [0, 0.1) is 0 Å². The minimum atomic E-state index is -4.45. The molecule has 0 aliphatic carbocycles. The maximum Gasteiger partial charge on any atom is 0.418 e. The van der Waals surface area contributed by atoms with E-state index in [1.807, 2.05) is 24.0 Å². The molecule has 112 valence electrons. The van der Waals surface area contributed by atoms with Crippen LogP contribution in [0.1, 0.15) is 18.1 Å². The van der Waals surface area contributed by atoms with Gasteiger partial charge < -0.3 is 10.6 Å². The van der Waals surface area contributed by atoms with Gasteiger partial charge in [0.15, 0.2) is 0 Å². The first-order valence-corrected chi connectivity index (χ1v) is 6.52. The van der Waals surface area contributed by atoms with Gasteiger partial charge in [0, 0.05) is 36.9 Å². The summed E-state index contributed by atoms with van der Waals surface area (Å²) in [6.45, 7) is 2.99. The molecular weight excluding hydrogens is 279 g/mol. The standard InChI is InChI=1S/C15H16F3N3/c1-2-21(10-11-5-7-20-8-6-11)12-3-4-14(19)13(9-12)15(16,17)18/h3-9H,2,10,19H2,1H3. The monoisotopic (exact) mass is 295 g/mol. The van der Waals surface area contributed by atoms with Crippen LogP contribution in [-0.2, 0) is 12.7 Å². The summed E-state index contributed by atoms with van der Waals surface area (Å²) in [5.41, 5.74) is 5.85. The topological polar surface area (TPSA) is 42.2 Å². The minimum absolute atomic E-state index is 0.258. The van der Waals surface area contributed by atoms with Gasteiger partial charge in [-0.2, -0.15) is 13.2 Å². The van der Waals surface area contributed by atoms with Crippen LogP contribution >= 0.6 is 0 Å². The van der Waals surface area contributed by atoms with Crippen molar-refractivity contribution in [2.45, 2.75) is 19.6 Å². The van der Waals surface area contributed by atoms with Crippen LogP contribution in [0.5, 0.6) is 0 Å². The summed E-state index contributed by atoms with van der Waals surface area (Å²) in [6.07, 6.45) is -1.13. The van der Waals surface area contributed by atoms with Crippen molar-refractivity contribution in [2.24, 2.45) is 0 Å². The van der Waals surface area contributed by atoms with Gasteiger partial charge in [0.25, 0.3) is 0 Å². The summed E-state index contributed by atoms with van der Waals surface area (Å²) < 4.78 is 38.7. The van der Waals surface area contributed by atoms with Gasteiger partial charge in [-0.05, 0) is 42.8 Å². The molecule has 0 atom stereocenters. The van der Waals surface area contributed by atoms with Gasteiger partial charge in [-0.1, -0.05) is 0 Å². The molecule has 3 nitrogen and oxygen atoms in total. The Labute approximate surface area is 121 Å². The molecule has 0 fully saturated rings. The highest BCUT2D eigenvalue weighted by Gasteiger charge is 2.33. The molecule has 21 heavy (non-hydrogen) atoms. The van der Waals surface area contributed by atoms with Crippen LogP contribution in [0.4, 0.5) is 24.5 Å². The number of alkyl halides is 3. The van der Waals surface area contributed by atoms with Crippen molar-refractivity contribution in [2.75, 3.05) is 17.2 Å². The van der Waals surface area contributed by atoms with Crippen LogP contribution in [-0.4, -0.2) is 11.5 Å². The number of halogens is 3. The number of hydrogen-bond donors (Lipinski definition) is 1. The molecule has 2 aromatic rings. The zero-order valence-electron chi connectivity index (χ0n) is 11.6. The number of aromatic nitrogens is 1. The lowest BCUT2D eigenvalue weighted by molar-refractivity contribution is -0.136. The van der Waals surface area contributed by atoms with Crippen LogP contribution in [0.2, 0.25) is 0 Å². The first-order chi connectivity index (χ1) is 9.91. The van der Waals surface area contributed by atoms with E-state index >= 15 is 0 Å². The number of rotatable bonds is 4. The second kappa shape index (κ2) is 6.03. The molecule has 0 saturated heterocycles. The zero-order chi connectivity index (χ0) is 15.5. The molecule has 6 heteroatoms. The zero-order valence-corrected chi connectivity index (χ0v) is 11.6. The predicted molar refractivity (Wildman–Crippen MR) is 76.8 cm³/mol. The maximum absolute atomic E-state index is 12.9. The Bertz CT molecular complexity index is 597. The van der Waals surface area contributed by atoms with Crippen molar-refractivity contribution < 1.29 is 13.2 Å². The van der Waals surface area contributed by atoms with Crippen molar-refractivity contribution in [3.63, 3.8) is 0 Å². The molecule has 0 unspecified atom stereocenters.